The Morgan fingerprint density at radius 1 is 1.29 bits per heavy atom. The highest BCUT2D eigenvalue weighted by Gasteiger charge is 2.07. The van der Waals surface area contributed by atoms with Crippen molar-refractivity contribution in [3.8, 4) is 5.75 Å². The van der Waals surface area contributed by atoms with Gasteiger partial charge in [-0.05, 0) is 25.0 Å². The van der Waals surface area contributed by atoms with E-state index < -0.39 is 0 Å². The number of benzene rings is 1. The van der Waals surface area contributed by atoms with E-state index in [1.807, 2.05) is 0 Å². The van der Waals surface area contributed by atoms with Crippen molar-refractivity contribution in [3.63, 3.8) is 0 Å². The van der Waals surface area contributed by atoms with Crippen LogP contribution in [0.15, 0.2) is 33.7 Å². The summed E-state index contributed by atoms with van der Waals surface area (Å²) in [6.07, 6.45) is 5.53. The standard InChI is InChI=1S/C14H16O3/c1-2-3-4-5-10-9-17-13-8-11(15)6-7-12(13)14(10)16/h6-9,15H,2-5H2,1H3. The quantitative estimate of drug-likeness (QED) is 0.823. The molecule has 0 spiro atoms. The van der Waals surface area contributed by atoms with Crippen LogP contribution in [-0.4, -0.2) is 5.11 Å². The van der Waals surface area contributed by atoms with Crippen molar-refractivity contribution < 1.29 is 9.52 Å². The Bertz CT molecular complexity index is 569. The third kappa shape index (κ3) is 2.49. The van der Waals surface area contributed by atoms with Crippen LogP contribution in [0.1, 0.15) is 31.7 Å². The van der Waals surface area contributed by atoms with Gasteiger partial charge in [0.25, 0.3) is 0 Å². The Balaban J connectivity index is 2.37. The molecule has 1 heterocycles. The van der Waals surface area contributed by atoms with Crippen molar-refractivity contribution in [1.82, 2.24) is 0 Å². The minimum absolute atomic E-state index is 0.0161. The van der Waals surface area contributed by atoms with E-state index >= 15 is 0 Å². The zero-order valence-corrected chi connectivity index (χ0v) is 9.90. The number of phenols is 1. The number of hydrogen-bond acceptors (Lipinski definition) is 3. The minimum atomic E-state index is 0.0161. The Kier molecular flexibility index (Phi) is 3.47. The minimum Gasteiger partial charge on any atom is -0.508 e. The van der Waals surface area contributed by atoms with Crippen LogP contribution in [0.5, 0.6) is 5.75 Å². The molecule has 0 saturated heterocycles. The van der Waals surface area contributed by atoms with Crippen LogP contribution in [0.25, 0.3) is 11.0 Å². The van der Waals surface area contributed by atoms with Gasteiger partial charge in [0.1, 0.15) is 11.3 Å². The molecule has 1 aromatic heterocycles. The first-order chi connectivity index (χ1) is 8.22. The molecule has 0 amide bonds. The van der Waals surface area contributed by atoms with Crippen LogP contribution in [0.4, 0.5) is 0 Å². The monoisotopic (exact) mass is 232 g/mol. The lowest BCUT2D eigenvalue weighted by Crippen LogP contribution is -2.08. The van der Waals surface area contributed by atoms with E-state index in [0.29, 0.717) is 11.0 Å². The van der Waals surface area contributed by atoms with Gasteiger partial charge in [0.05, 0.1) is 11.6 Å². The number of hydrogen-bond donors (Lipinski definition) is 1. The SMILES string of the molecule is CCCCCc1coc2cc(O)ccc2c1=O. The number of rotatable bonds is 4. The molecule has 17 heavy (non-hydrogen) atoms. The average Bonchev–Trinajstić information content (AvgIpc) is 2.32. The molecule has 3 nitrogen and oxygen atoms in total. The van der Waals surface area contributed by atoms with Gasteiger partial charge in [-0.1, -0.05) is 19.8 Å². The highest BCUT2D eigenvalue weighted by molar-refractivity contribution is 5.78. The molecule has 2 aromatic rings. The summed E-state index contributed by atoms with van der Waals surface area (Å²) in [7, 11) is 0. The lowest BCUT2D eigenvalue weighted by atomic mass is 10.1. The number of fused-ring (bicyclic) bond motifs is 1. The highest BCUT2D eigenvalue weighted by atomic mass is 16.3. The summed E-state index contributed by atoms with van der Waals surface area (Å²) in [5.74, 6) is 0.111. The van der Waals surface area contributed by atoms with Crippen LogP contribution < -0.4 is 5.43 Å². The van der Waals surface area contributed by atoms with Gasteiger partial charge in [-0.3, -0.25) is 4.79 Å². The molecule has 1 N–H and O–H groups in total. The Morgan fingerprint density at radius 2 is 2.12 bits per heavy atom. The third-order valence-corrected chi connectivity index (χ3v) is 2.88. The molecule has 0 fully saturated rings. The second-order valence-corrected chi connectivity index (χ2v) is 4.23. The first-order valence-corrected chi connectivity index (χ1v) is 5.95. The van der Waals surface area contributed by atoms with E-state index in [0.717, 1.165) is 31.2 Å². The highest BCUT2D eigenvalue weighted by Crippen LogP contribution is 2.18. The van der Waals surface area contributed by atoms with Gasteiger partial charge in [0.15, 0.2) is 5.43 Å². The number of unbranched alkanes of at least 4 members (excludes halogenated alkanes) is 2. The number of phenolic OH excluding ortho intramolecular Hbond substituents is 1. The second-order valence-electron chi connectivity index (χ2n) is 4.23. The predicted octanol–water partition coefficient (Wildman–Crippen LogP) is 3.23. The zero-order valence-electron chi connectivity index (χ0n) is 9.90. The predicted molar refractivity (Wildman–Crippen MR) is 67.4 cm³/mol. The third-order valence-electron chi connectivity index (χ3n) is 2.88. The largest absolute Gasteiger partial charge is 0.508 e. The molecule has 3 heteroatoms. The summed E-state index contributed by atoms with van der Waals surface area (Å²) in [4.78, 5) is 12.1. The van der Waals surface area contributed by atoms with Crippen LogP contribution in [0, 0.1) is 0 Å². The molecule has 0 bridgehead atoms. The summed E-state index contributed by atoms with van der Waals surface area (Å²) in [5.41, 5.74) is 1.17. The smallest absolute Gasteiger partial charge is 0.195 e. The van der Waals surface area contributed by atoms with Gasteiger partial charge in [-0.25, -0.2) is 0 Å². The van der Waals surface area contributed by atoms with Gasteiger partial charge in [-0.2, -0.15) is 0 Å². The summed E-state index contributed by atoms with van der Waals surface area (Å²) >= 11 is 0. The van der Waals surface area contributed by atoms with Crippen molar-refractivity contribution in [3.05, 3.63) is 40.2 Å². The zero-order chi connectivity index (χ0) is 12.3. The van der Waals surface area contributed by atoms with Crippen LogP contribution >= 0.6 is 0 Å². The van der Waals surface area contributed by atoms with Gasteiger partial charge in [0.2, 0.25) is 0 Å². The molecule has 0 unspecified atom stereocenters. The van der Waals surface area contributed by atoms with E-state index in [1.54, 1.807) is 6.07 Å². The molecule has 90 valence electrons. The molecular formula is C14H16O3. The molecule has 0 radical (unpaired) electrons. The van der Waals surface area contributed by atoms with Crippen molar-refractivity contribution in [2.24, 2.45) is 0 Å². The molecule has 1 aromatic carbocycles. The summed E-state index contributed by atoms with van der Waals surface area (Å²) in [6, 6.07) is 4.58. The Hall–Kier alpha value is -1.77. The second kappa shape index (κ2) is 5.04. The molecule has 0 aliphatic rings. The summed E-state index contributed by atoms with van der Waals surface area (Å²) in [6.45, 7) is 2.13. The number of aryl methyl sites for hydroxylation is 1. The molecule has 0 aliphatic carbocycles. The van der Waals surface area contributed by atoms with Gasteiger partial charge < -0.3 is 9.52 Å². The number of aromatic hydroxyl groups is 1. The normalized spacial score (nSPS) is 10.9. The van der Waals surface area contributed by atoms with Gasteiger partial charge in [-0.15, -0.1) is 0 Å². The fraction of sp³-hybridized carbons (Fsp3) is 0.357. The van der Waals surface area contributed by atoms with E-state index in [9.17, 15) is 9.90 Å². The maximum atomic E-state index is 12.1. The van der Waals surface area contributed by atoms with Crippen LogP contribution in [0.3, 0.4) is 0 Å². The molecule has 2 rings (SSSR count). The molecular weight excluding hydrogens is 216 g/mol. The summed E-state index contributed by atoms with van der Waals surface area (Å²) in [5, 5.41) is 9.84. The van der Waals surface area contributed by atoms with Crippen molar-refractivity contribution in [2.45, 2.75) is 32.6 Å². The van der Waals surface area contributed by atoms with Crippen LogP contribution in [0.2, 0.25) is 0 Å². The molecule has 0 saturated carbocycles. The lowest BCUT2D eigenvalue weighted by molar-refractivity contribution is 0.474. The Morgan fingerprint density at radius 3 is 2.88 bits per heavy atom. The van der Waals surface area contributed by atoms with E-state index in [1.165, 1.54) is 18.4 Å². The van der Waals surface area contributed by atoms with Gasteiger partial charge in [0, 0.05) is 11.6 Å². The lowest BCUT2D eigenvalue weighted by Gasteiger charge is -2.02. The first-order valence-electron chi connectivity index (χ1n) is 5.95. The van der Waals surface area contributed by atoms with E-state index in [4.69, 9.17) is 4.42 Å². The van der Waals surface area contributed by atoms with Crippen molar-refractivity contribution >= 4 is 11.0 Å². The topological polar surface area (TPSA) is 50.4 Å². The Labute approximate surface area is 99.7 Å². The first kappa shape index (κ1) is 11.7. The average molecular weight is 232 g/mol. The maximum Gasteiger partial charge on any atom is 0.195 e. The van der Waals surface area contributed by atoms with Crippen molar-refractivity contribution in [2.75, 3.05) is 0 Å². The summed E-state index contributed by atoms with van der Waals surface area (Å²) < 4.78 is 5.38. The van der Waals surface area contributed by atoms with Gasteiger partial charge >= 0.3 is 0 Å². The molecule has 0 aliphatic heterocycles. The molecule has 0 atom stereocenters. The van der Waals surface area contributed by atoms with Crippen molar-refractivity contribution in [1.29, 1.82) is 0 Å². The fourth-order valence-corrected chi connectivity index (χ4v) is 1.90. The van der Waals surface area contributed by atoms with Crippen LogP contribution in [-0.2, 0) is 6.42 Å². The van der Waals surface area contributed by atoms with E-state index in [2.05, 4.69) is 6.92 Å². The fourth-order valence-electron chi connectivity index (χ4n) is 1.90. The maximum absolute atomic E-state index is 12.1. The van der Waals surface area contributed by atoms with E-state index in [-0.39, 0.29) is 11.2 Å².